The Morgan fingerprint density at radius 2 is 2.14 bits per heavy atom. The molecule has 0 amide bonds. The average Bonchev–Trinajstić information content (AvgIpc) is 2.86. The van der Waals surface area contributed by atoms with Crippen LogP contribution in [0.25, 0.3) is 0 Å². The Hall–Kier alpha value is -1.71. The molecule has 0 spiro atoms. The molecule has 0 fully saturated rings. The number of ether oxygens (including phenoxy) is 1. The molecule has 1 aliphatic rings. The van der Waals surface area contributed by atoms with Gasteiger partial charge < -0.3 is 14.4 Å². The van der Waals surface area contributed by atoms with Crippen LogP contribution in [-0.2, 0) is 11.3 Å². The van der Waals surface area contributed by atoms with E-state index in [1.807, 2.05) is 6.07 Å². The van der Waals surface area contributed by atoms with Crippen molar-refractivity contribution in [3.8, 4) is 17.6 Å². The van der Waals surface area contributed by atoms with Gasteiger partial charge in [0, 0.05) is 11.6 Å². The van der Waals surface area contributed by atoms with Crippen molar-refractivity contribution in [1.82, 2.24) is 0 Å². The highest BCUT2D eigenvalue weighted by atomic mass is 35.5. The molecule has 0 atom stereocenters. The SMILES string of the molecule is Cc1c(Oc2ccc3c(c2)COB3O)cc(Cl)c(C#N)c1Cl. The van der Waals surface area contributed by atoms with Crippen molar-refractivity contribution < 1.29 is 14.4 Å². The highest BCUT2D eigenvalue weighted by molar-refractivity contribution is 6.61. The second-order valence-electron chi connectivity index (χ2n) is 4.91. The van der Waals surface area contributed by atoms with Gasteiger partial charge in [-0.25, -0.2) is 0 Å². The van der Waals surface area contributed by atoms with Crippen LogP contribution in [0, 0.1) is 18.3 Å². The molecule has 4 nitrogen and oxygen atoms in total. The fourth-order valence-electron chi connectivity index (χ4n) is 2.30. The van der Waals surface area contributed by atoms with Crippen molar-refractivity contribution in [1.29, 1.82) is 5.26 Å². The molecule has 22 heavy (non-hydrogen) atoms. The summed E-state index contributed by atoms with van der Waals surface area (Å²) in [4.78, 5) is 0. The molecule has 1 aliphatic heterocycles. The normalized spacial score (nSPS) is 13.0. The van der Waals surface area contributed by atoms with Gasteiger partial charge in [0.15, 0.2) is 0 Å². The second-order valence-corrected chi connectivity index (χ2v) is 5.69. The zero-order chi connectivity index (χ0) is 15.9. The molecular weight excluding hydrogens is 324 g/mol. The molecular formula is C15H10BCl2NO3. The van der Waals surface area contributed by atoms with Gasteiger partial charge in [0.1, 0.15) is 17.6 Å². The van der Waals surface area contributed by atoms with Gasteiger partial charge in [0.05, 0.1) is 22.2 Å². The fraction of sp³-hybridized carbons (Fsp3) is 0.133. The lowest BCUT2D eigenvalue weighted by Gasteiger charge is -2.12. The molecule has 110 valence electrons. The van der Waals surface area contributed by atoms with Crippen molar-refractivity contribution in [3.63, 3.8) is 0 Å². The molecule has 1 N–H and O–H groups in total. The number of halogens is 2. The molecule has 1 heterocycles. The quantitative estimate of drug-likeness (QED) is 0.857. The summed E-state index contributed by atoms with van der Waals surface area (Å²) >= 11 is 12.2. The van der Waals surface area contributed by atoms with E-state index in [2.05, 4.69) is 0 Å². The molecule has 3 rings (SSSR count). The first-order valence-electron chi connectivity index (χ1n) is 6.50. The van der Waals surface area contributed by atoms with E-state index in [4.69, 9.17) is 37.9 Å². The van der Waals surface area contributed by atoms with Crippen molar-refractivity contribution in [3.05, 3.63) is 51.0 Å². The van der Waals surface area contributed by atoms with Crippen molar-refractivity contribution in [2.45, 2.75) is 13.5 Å². The monoisotopic (exact) mass is 333 g/mol. The minimum atomic E-state index is -0.885. The van der Waals surface area contributed by atoms with E-state index in [-0.39, 0.29) is 15.6 Å². The van der Waals surface area contributed by atoms with E-state index in [1.54, 1.807) is 31.2 Å². The van der Waals surface area contributed by atoms with Gasteiger partial charge in [-0.2, -0.15) is 5.26 Å². The molecule has 0 unspecified atom stereocenters. The van der Waals surface area contributed by atoms with Crippen LogP contribution in [0.3, 0.4) is 0 Å². The minimum Gasteiger partial charge on any atom is -0.457 e. The molecule has 2 aromatic rings. The zero-order valence-electron chi connectivity index (χ0n) is 11.6. The van der Waals surface area contributed by atoms with Crippen molar-refractivity contribution in [2.75, 3.05) is 0 Å². The maximum Gasteiger partial charge on any atom is 0.491 e. The predicted octanol–water partition coefficient (Wildman–Crippen LogP) is 3.18. The number of rotatable bonds is 2. The lowest BCUT2D eigenvalue weighted by Crippen LogP contribution is -2.27. The smallest absolute Gasteiger partial charge is 0.457 e. The van der Waals surface area contributed by atoms with Gasteiger partial charge in [-0.15, -0.1) is 0 Å². The molecule has 0 saturated heterocycles. The van der Waals surface area contributed by atoms with E-state index in [9.17, 15) is 5.02 Å². The van der Waals surface area contributed by atoms with Gasteiger partial charge in [0.25, 0.3) is 0 Å². The number of nitriles is 1. The number of nitrogens with zero attached hydrogens (tertiary/aromatic N) is 1. The van der Waals surface area contributed by atoms with Crippen LogP contribution in [0.2, 0.25) is 10.0 Å². The van der Waals surface area contributed by atoms with Crippen LogP contribution in [0.4, 0.5) is 0 Å². The van der Waals surface area contributed by atoms with E-state index < -0.39 is 7.12 Å². The molecule has 0 bridgehead atoms. The Kier molecular flexibility index (Phi) is 4.03. The number of hydrogen-bond donors (Lipinski definition) is 1. The van der Waals surface area contributed by atoms with Crippen molar-refractivity contribution in [2.24, 2.45) is 0 Å². The molecule has 0 radical (unpaired) electrons. The first-order valence-corrected chi connectivity index (χ1v) is 7.26. The van der Waals surface area contributed by atoms with Crippen LogP contribution in [-0.4, -0.2) is 12.1 Å². The van der Waals surface area contributed by atoms with E-state index in [1.165, 1.54) is 0 Å². The molecule has 0 aromatic heterocycles. The first kappa shape index (κ1) is 15.2. The second kappa shape index (κ2) is 5.83. The van der Waals surface area contributed by atoms with E-state index in [0.29, 0.717) is 23.7 Å². The topological polar surface area (TPSA) is 62.5 Å². The summed E-state index contributed by atoms with van der Waals surface area (Å²) in [6, 6.07) is 8.82. The summed E-state index contributed by atoms with van der Waals surface area (Å²) in [5.41, 5.74) is 2.48. The standard InChI is InChI=1S/C15H10BCl2NO3/c1-8-14(5-13(17)11(6-19)15(8)18)22-10-2-3-12-9(4-10)7-21-16(12)20/h2-5,20H,7H2,1H3. The summed E-state index contributed by atoms with van der Waals surface area (Å²) in [5.74, 6) is 1.06. The number of hydrogen-bond acceptors (Lipinski definition) is 4. The van der Waals surface area contributed by atoms with Gasteiger partial charge >= 0.3 is 7.12 Å². The lowest BCUT2D eigenvalue weighted by atomic mass is 9.80. The Bertz CT molecular complexity index is 804. The highest BCUT2D eigenvalue weighted by Gasteiger charge is 2.27. The largest absolute Gasteiger partial charge is 0.491 e. The summed E-state index contributed by atoms with van der Waals surface area (Å²) in [7, 11) is -0.885. The van der Waals surface area contributed by atoms with Crippen molar-refractivity contribution >= 4 is 35.8 Å². The van der Waals surface area contributed by atoms with Crippen LogP contribution >= 0.6 is 23.2 Å². The maximum atomic E-state index is 9.61. The molecule has 7 heteroatoms. The van der Waals surface area contributed by atoms with Gasteiger partial charge in [-0.3, -0.25) is 0 Å². The van der Waals surface area contributed by atoms with Gasteiger partial charge in [-0.05, 0) is 30.1 Å². The van der Waals surface area contributed by atoms with E-state index >= 15 is 0 Å². The number of fused-ring (bicyclic) bond motifs is 1. The fourth-order valence-corrected chi connectivity index (χ4v) is 2.82. The minimum absolute atomic E-state index is 0.235. The molecule has 0 saturated carbocycles. The zero-order valence-corrected chi connectivity index (χ0v) is 13.1. The molecule has 2 aromatic carbocycles. The highest BCUT2D eigenvalue weighted by Crippen LogP contribution is 2.36. The average molecular weight is 334 g/mol. The molecule has 0 aliphatic carbocycles. The van der Waals surface area contributed by atoms with Crippen LogP contribution in [0.5, 0.6) is 11.5 Å². The summed E-state index contributed by atoms with van der Waals surface area (Å²) in [6.07, 6.45) is 0. The van der Waals surface area contributed by atoms with Gasteiger partial charge in [-0.1, -0.05) is 29.3 Å². The summed E-state index contributed by atoms with van der Waals surface area (Å²) in [6.45, 7) is 2.09. The van der Waals surface area contributed by atoms with Crippen LogP contribution < -0.4 is 10.2 Å². The van der Waals surface area contributed by atoms with Crippen LogP contribution in [0.15, 0.2) is 24.3 Å². The van der Waals surface area contributed by atoms with Crippen LogP contribution in [0.1, 0.15) is 16.7 Å². The number of benzene rings is 2. The third kappa shape index (κ3) is 2.55. The first-order chi connectivity index (χ1) is 10.5. The lowest BCUT2D eigenvalue weighted by molar-refractivity contribution is 0.275. The van der Waals surface area contributed by atoms with E-state index in [0.717, 1.165) is 11.0 Å². The maximum absolute atomic E-state index is 9.61. The third-order valence-corrected chi connectivity index (χ3v) is 4.30. The third-order valence-electron chi connectivity index (χ3n) is 3.53. The summed E-state index contributed by atoms with van der Waals surface area (Å²) < 4.78 is 11.0. The summed E-state index contributed by atoms with van der Waals surface area (Å²) in [5, 5.41) is 19.2. The Labute approximate surface area is 137 Å². The Morgan fingerprint density at radius 3 is 2.86 bits per heavy atom. The van der Waals surface area contributed by atoms with Gasteiger partial charge in [0.2, 0.25) is 0 Å². The Morgan fingerprint density at radius 1 is 1.36 bits per heavy atom. The Balaban J connectivity index is 1.96. The predicted molar refractivity (Wildman–Crippen MR) is 84.8 cm³/mol.